The molecule has 1 atom stereocenters. The molecule has 0 aliphatic heterocycles. The maximum atomic E-state index is 12.6. The molecule has 2 N–H and O–H groups in total. The molecule has 0 saturated carbocycles. The summed E-state index contributed by atoms with van der Waals surface area (Å²) < 4.78 is 27.6. The summed E-state index contributed by atoms with van der Waals surface area (Å²) >= 11 is 1.31. The SMILES string of the molecule is Cc1ccc(S(=O)(=O)Nc2ccc(SC(C)C(=O)Nc3ccc([N+](=O)[O-])cc3C)cc2)cc1. The van der Waals surface area contributed by atoms with Gasteiger partial charge in [0.15, 0.2) is 0 Å². The number of benzene rings is 3. The maximum Gasteiger partial charge on any atom is 0.269 e. The number of aryl methyl sites for hydroxylation is 2. The average molecular weight is 486 g/mol. The third-order valence-electron chi connectivity index (χ3n) is 4.80. The summed E-state index contributed by atoms with van der Waals surface area (Å²) in [6.07, 6.45) is 0. The van der Waals surface area contributed by atoms with E-state index in [9.17, 15) is 23.3 Å². The Morgan fingerprint density at radius 2 is 1.64 bits per heavy atom. The smallest absolute Gasteiger partial charge is 0.269 e. The molecule has 3 aromatic carbocycles. The summed E-state index contributed by atoms with van der Waals surface area (Å²) in [5, 5.41) is 13.2. The number of carbonyl (C=O) groups excluding carboxylic acids is 1. The van der Waals surface area contributed by atoms with Gasteiger partial charge < -0.3 is 5.32 Å². The lowest BCUT2D eigenvalue weighted by atomic mass is 10.2. The van der Waals surface area contributed by atoms with Crippen LogP contribution in [0.4, 0.5) is 17.1 Å². The first-order valence-corrected chi connectivity index (χ1v) is 12.3. The molecule has 10 heteroatoms. The predicted molar refractivity (Wildman–Crippen MR) is 130 cm³/mol. The molecule has 0 fully saturated rings. The van der Waals surface area contributed by atoms with E-state index >= 15 is 0 Å². The number of anilines is 2. The summed E-state index contributed by atoms with van der Waals surface area (Å²) in [4.78, 5) is 23.9. The van der Waals surface area contributed by atoms with Crippen LogP contribution in [-0.4, -0.2) is 24.5 Å². The second-order valence-electron chi connectivity index (χ2n) is 7.45. The number of sulfonamides is 1. The van der Waals surface area contributed by atoms with Crippen molar-refractivity contribution in [3.05, 3.63) is 88.0 Å². The van der Waals surface area contributed by atoms with Gasteiger partial charge in [-0.2, -0.15) is 0 Å². The fraction of sp³-hybridized carbons (Fsp3) is 0.174. The number of hydrogen-bond acceptors (Lipinski definition) is 6. The molecule has 172 valence electrons. The standard InChI is InChI=1S/C23H23N3O5S2/c1-15-4-11-21(12-5-15)33(30,31)25-18-6-9-20(10-7-18)32-17(3)23(27)24-22-13-8-19(26(28)29)14-16(22)2/h4-14,17,25H,1-3H3,(H,24,27). The minimum absolute atomic E-state index is 0.0361. The quantitative estimate of drug-likeness (QED) is 0.259. The van der Waals surface area contributed by atoms with E-state index in [0.717, 1.165) is 10.5 Å². The third kappa shape index (κ3) is 6.33. The van der Waals surface area contributed by atoms with Crippen molar-refractivity contribution < 1.29 is 18.1 Å². The molecular weight excluding hydrogens is 462 g/mol. The first-order valence-electron chi connectivity index (χ1n) is 9.97. The van der Waals surface area contributed by atoms with E-state index in [2.05, 4.69) is 10.0 Å². The second kappa shape index (κ2) is 10.1. The molecule has 0 saturated heterocycles. The number of nitrogens with one attached hydrogen (secondary N) is 2. The molecule has 0 spiro atoms. The number of thioether (sulfide) groups is 1. The van der Waals surface area contributed by atoms with E-state index in [1.54, 1.807) is 62.4 Å². The lowest BCUT2D eigenvalue weighted by Gasteiger charge is -2.14. The lowest BCUT2D eigenvalue weighted by molar-refractivity contribution is -0.384. The van der Waals surface area contributed by atoms with Gasteiger partial charge in [0.05, 0.1) is 15.1 Å². The predicted octanol–water partition coefficient (Wildman–Crippen LogP) is 5.13. The van der Waals surface area contributed by atoms with Gasteiger partial charge in [0.1, 0.15) is 0 Å². The van der Waals surface area contributed by atoms with Crippen molar-refractivity contribution in [2.24, 2.45) is 0 Å². The summed E-state index contributed by atoms with van der Waals surface area (Å²) in [6.45, 7) is 5.32. The molecule has 0 aliphatic carbocycles. The summed E-state index contributed by atoms with van der Waals surface area (Å²) in [5.41, 5.74) is 2.46. The van der Waals surface area contributed by atoms with Gasteiger partial charge in [-0.05, 0) is 68.8 Å². The Morgan fingerprint density at radius 3 is 2.21 bits per heavy atom. The Balaban J connectivity index is 1.61. The molecule has 33 heavy (non-hydrogen) atoms. The number of nitro benzene ring substituents is 1. The maximum absolute atomic E-state index is 12.6. The number of amides is 1. The molecule has 0 bridgehead atoms. The zero-order chi connectivity index (χ0) is 24.2. The van der Waals surface area contributed by atoms with Crippen molar-refractivity contribution in [1.29, 1.82) is 0 Å². The van der Waals surface area contributed by atoms with E-state index in [0.29, 0.717) is 16.9 Å². The first kappa shape index (κ1) is 24.3. The molecule has 0 aromatic heterocycles. The van der Waals surface area contributed by atoms with Gasteiger partial charge in [0, 0.05) is 28.4 Å². The van der Waals surface area contributed by atoms with Gasteiger partial charge in [0.25, 0.3) is 15.7 Å². The molecule has 0 aliphatic rings. The van der Waals surface area contributed by atoms with Gasteiger partial charge in [-0.1, -0.05) is 17.7 Å². The highest BCUT2D eigenvalue weighted by molar-refractivity contribution is 8.00. The van der Waals surface area contributed by atoms with Crippen LogP contribution in [0.5, 0.6) is 0 Å². The normalized spacial score (nSPS) is 12.1. The van der Waals surface area contributed by atoms with Crippen molar-refractivity contribution in [3.63, 3.8) is 0 Å². The fourth-order valence-electron chi connectivity index (χ4n) is 2.93. The largest absolute Gasteiger partial charge is 0.325 e. The summed E-state index contributed by atoms with van der Waals surface area (Å²) in [7, 11) is -3.69. The van der Waals surface area contributed by atoms with Gasteiger partial charge in [-0.25, -0.2) is 8.42 Å². The number of nitro groups is 1. The number of rotatable bonds is 8. The Bertz CT molecular complexity index is 1270. The molecule has 8 nitrogen and oxygen atoms in total. The van der Waals surface area contributed by atoms with Gasteiger partial charge in [-0.15, -0.1) is 11.8 Å². The highest BCUT2D eigenvalue weighted by atomic mass is 32.2. The van der Waals surface area contributed by atoms with E-state index in [1.165, 1.54) is 30.0 Å². The second-order valence-corrected chi connectivity index (χ2v) is 10.5. The van der Waals surface area contributed by atoms with Crippen LogP contribution in [0.15, 0.2) is 76.5 Å². The van der Waals surface area contributed by atoms with Crippen LogP contribution in [0.3, 0.4) is 0 Å². The van der Waals surface area contributed by atoms with Crippen molar-refractivity contribution >= 4 is 44.8 Å². The van der Waals surface area contributed by atoms with Crippen LogP contribution in [0.1, 0.15) is 18.1 Å². The van der Waals surface area contributed by atoms with E-state index in [1.807, 2.05) is 6.92 Å². The van der Waals surface area contributed by atoms with Crippen LogP contribution >= 0.6 is 11.8 Å². The molecule has 3 aromatic rings. The highest BCUT2D eigenvalue weighted by Gasteiger charge is 2.18. The minimum Gasteiger partial charge on any atom is -0.325 e. The molecule has 3 rings (SSSR count). The number of carbonyl (C=O) groups is 1. The molecule has 0 radical (unpaired) electrons. The molecular formula is C23H23N3O5S2. The Morgan fingerprint density at radius 1 is 1.00 bits per heavy atom. The van der Waals surface area contributed by atoms with Gasteiger partial charge in [0.2, 0.25) is 5.91 Å². The Hall–Kier alpha value is -3.37. The zero-order valence-corrected chi connectivity index (χ0v) is 19.9. The lowest BCUT2D eigenvalue weighted by Crippen LogP contribution is -2.22. The fourth-order valence-corrected chi connectivity index (χ4v) is 4.85. The van der Waals surface area contributed by atoms with Gasteiger partial charge in [-0.3, -0.25) is 19.6 Å². The molecule has 1 amide bonds. The van der Waals surface area contributed by atoms with Crippen LogP contribution in [-0.2, 0) is 14.8 Å². The topological polar surface area (TPSA) is 118 Å². The van der Waals surface area contributed by atoms with Crippen LogP contribution in [0.25, 0.3) is 0 Å². The number of non-ortho nitro benzene ring substituents is 1. The first-order chi connectivity index (χ1) is 15.5. The van der Waals surface area contributed by atoms with Crippen molar-refractivity contribution in [3.8, 4) is 0 Å². The van der Waals surface area contributed by atoms with Crippen LogP contribution in [0, 0.1) is 24.0 Å². The number of nitrogens with zero attached hydrogens (tertiary/aromatic N) is 1. The zero-order valence-electron chi connectivity index (χ0n) is 18.2. The molecule has 0 heterocycles. The Labute approximate surface area is 196 Å². The third-order valence-corrected chi connectivity index (χ3v) is 7.31. The van der Waals surface area contributed by atoms with E-state index in [4.69, 9.17) is 0 Å². The summed E-state index contributed by atoms with van der Waals surface area (Å²) in [5.74, 6) is -0.249. The minimum atomic E-state index is -3.69. The number of hydrogen-bond donors (Lipinski definition) is 2. The Kier molecular flexibility index (Phi) is 7.39. The molecule has 1 unspecified atom stereocenters. The van der Waals surface area contributed by atoms with Crippen LogP contribution in [0.2, 0.25) is 0 Å². The van der Waals surface area contributed by atoms with Crippen molar-refractivity contribution in [1.82, 2.24) is 0 Å². The monoisotopic (exact) mass is 485 g/mol. The van der Waals surface area contributed by atoms with Crippen molar-refractivity contribution in [2.75, 3.05) is 10.0 Å². The summed E-state index contributed by atoms with van der Waals surface area (Å²) in [6, 6.07) is 17.6. The average Bonchev–Trinajstić information content (AvgIpc) is 2.76. The van der Waals surface area contributed by atoms with E-state index < -0.39 is 20.2 Å². The van der Waals surface area contributed by atoms with Crippen LogP contribution < -0.4 is 10.0 Å². The van der Waals surface area contributed by atoms with E-state index in [-0.39, 0.29) is 16.5 Å². The van der Waals surface area contributed by atoms with Gasteiger partial charge >= 0.3 is 0 Å². The highest BCUT2D eigenvalue weighted by Crippen LogP contribution is 2.28. The van der Waals surface area contributed by atoms with Crippen molar-refractivity contribution in [2.45, 2.75) is 35.8 Å².